The summed E-state index contributed by atoms with van der Waals surface area (Å²) in [5.74, 6) is 1.46. The lowest BCUT2D eigenvalue weighted by Crippen LogP contribution is -2.32. The Kier molecular flexibility index (Phi) is 3.80. The van der Waals surface area contributed by atoms with Crippen LogP contribution in [0.15, 0.2) is 28.7 Å². The number of hydrogen-bond acceptors (Lipinski definition) is 4. The lowest BCUT2D eigenvalue weighted by atomic mass is 10.0. The summed E-state index contributed by atoms with van der Waals surface area (Å²) >= 11 is 0. The number of benzene rings is 1. The van der Waals surface area contributed by atoms with Crippen molar-refractivity contribution in [3.63, 3.8) is 0 Å². The van der Waals surface area contributed by atoms with E-state index in [4.69, 9.17) is 4.42 Å². The fourth-order valence-electron chi connectivity index (χ4n) is 3.19. The molecule has 21 heavy (non-hydrogen) atoms. The molecule has 5 heteroatoms. The van der Waals surface area contributed by atoms with E-state index in [9.17, 15) is 8.42 Å². The van der Waals surface area contributed by atoms with E-state index in [1.807, 2.05) is 25.1 Å². The second-order valence-electron chi connectivity index (χ2n) is 5.78. The maximum absolute atomic E-state index is 11.6. The van der Waals surface area contributed by atoms with Crippen molar-refractivity contribution in [3.8, 4) is 0 Å². The van der Waals surface area contributed by atoms with E-state index in [0.717, 1.165) is 23.2 Å². The molecule has 0 radical (unpaired) electrons. The smallest absolute Gasteiger partial charge is 0.151 e. The molecule has 2 atom stereocenters. The molecule has 4 nitrogen and oxygen atoms in total. The summed E-state index contributed by atoms with van der Waals surface area (Å²) in [4.78, 5) is 0. The molecule has 1 aliphatic rings. The molecular weight excluding hydrogens is 286 g/mol. The number of fused-ring (bicyclic) bond motifs is 1. The van der Waals surface area contributed by atoms with Crippen LogP contribution in [0.25, 0.3) is 11.0 Å². The van der Waals surface area contributed by atoms with Gasteiger partial charge in [-0.15, -0.1) is 0 Å². The van der Waals surface area contributed by atoms with Crippen molar-refractivity contribution < 1.29 is 12.8 Å². The minimum Gasteiger partial charge on any atom is -0.459 e. The Morgan fingerprint density at radius 1 is 1.38 bits per heavy atom. The van der Waals surface area contributed by atoms with Crippen LogP contribution in [0.5, 0.6) is 0 Å². The molecule has 0 bridgehead atoms. The van der Waals surface area contributed by atoms with Crippen molar-refractivity contribution >= 4 is 20.8 Å². The van der Waals surface area contributed by atoms with Crippen LogP contribution in [-0.2, 0) is 16.3 Å². The third-order valence-electron chi connectivity index (χ3n) is 4.19. The highest BCUT2D eigenvalue weighted by atomic mass is 32.2. The zero-order chi connectivity index (χ0) is 15.0. The Bertz CT molecular complexity index is 748. The summed E-state index contributed by atoms with van der Waals surface area (Å²) in [7, 11) is -2.86. The molecule has 2 aromatic rings. The zero-order valence-corrected chi connectivity index (χ0v) is 13.2. The third-order valence-corrected chi connectivity index (χ3v) is 5.96. The second kappa shape index (κ2) is 5.46. The molecule has 0 amide bonds. The first kappa shape index (κ1) is 14.6. The van der Waals surface area contributed by atoms with Crippen molar-refractivity contribution in [3.05, 3.63) is 35.6 Å². The van der Waals surface area contributed by atoms with E-state index in [1.54, 1.807) is 0 Å². The Labute approximate surface area is 125 Å². The standard InChI is InChI=1S/C16H21NO3S/c1-3-13-14-6-4-5-7-15(14)20-16(13)11(2)17-12-8-9-21(18,19)10-12/h4-7,11-12,17H,3,8-10H2,1-2H3. The van der Waals surface area contributed by atoms with Gasteiger partial charge in [-0.1, -0.05) is 25.1 Å². The van der Waals surface area contributed by atoms with Gasteiger partial charge in [-0.05, 0) is 25.8 Å². The average Bonchev–Trinajstić information content (AvgIpc) is 2.98. The Morgan fingerprint density at radius 3 is 2.81 bits per heavy atom. The highest BCUT2D eigenvalue weighted by molar-refractivity contribution is 7.91. The number of furan rings is 1. The Morgan fingerprint density at radius 2 is 2.14 bits per heavy atom. The van der Waals surface area contributed by atoms with E-state index in [0.29, 0.717) is 6.42 Å². The fraction of sp³-hybridized carbons (Fsp3) is 0.500. The number of sulfone groups is 1. The molecular formula is C16H21NO3S. The second-order valence-corrected chi connectivity index (χ2v) is 8.01. The molecule has 1 aromatic carbocycles. The molecule has 2 heterocycles. The first-order valence-corrected chi connectivity index (χ1v) is 9.29. The van der Waals surface area contributed by atoms with E-state index >= 15 is 0 Å². The van der Waals surface area contributed by atoms with E-state index in [-0.39, 0.29) is 23.6 Å². The van der Waals surface area contributed by atoms with Crippen LogP contribution in [0, 0.1) is 0 Å². The van der Waals surface area contributed by atoms with Crippen molar-refractivity contribution in [2.24, 2.45) is 0 Å². The SMILES string of the molecule is CCc1c(C(C)NC2CCS(=O)(=O)C2)oc2ccccc12. The number of aryl methyl sites for hydroxylation is 1. The zero-order valence-electron chi connectivity index (χ0n) is 12.4. The van der Waals surface area contributed by atoms with Gasteiger partial charge < -0.3 is 9.73 Å². The number of para-hydroxylation sites is 1. The van der Waals surface area contributed by atoms with E-state index in [1.165, 1.54) is 5.56 Å². The Hall–Kier alpha value is -1.33. The molecule has 114 valence electrons. The molecule has 3 rings (SSSR count). The summed E-state index contributed by atoms with van der Waals surface area (Å²) in [5, 5.41) is 4.57. The van der Waals surface area contributed by atoms with Gasteiger partial charge >= 0.3 is 0 Å². The van der Waals surface area contributed by atoms with Crippen LogP contribution in [0.2, 0.25) is 0 Å². The summed E-state index contributed by atoms with van der Waals surface area (Å²) in [6.45, 7) is 4.16. The molecule has 1 fully saturated rings. The van der Waals surface area contributed by atoms with Gasteiger partial charge in [-0.3, -0.25) is 0 Å². The highest BCUT2D eigenvalue weighted by Gasteiger charge is 2.30. The summed E-state index contributed by atoms with van der Waals surface area (Å²) in [5.41, 5.74) is 2.11. The number of rotatable bonds is 4. The van der Waals surface area contributed by atoms with Crippen LogP contribution in [0.4, 0.5) is 0 Å². The van der Waals surface area contributed by atoms with Crippen LogP contribution < -0.4 is 5.32 Å². The van der Waals surface area contributed by atoms with Crippen molar-refractivity contribution in [1.29, 1.82) is 0 Å². The molecule has 1 aliphatic heterocycles. The van der Waals surface area contributed by atoms with Gasteiger partial charge in [-0.25, -0.2) is 8.42 Å². The summed E-state index contributed by atoms with van der Waals surface area (Å²) < 4.78 is 29.1. The molecule has 0 aliphatic carbocycles. The van der Waals surface area contributed by atoms with Gasteiger partial charge in [0.2, 0.25) is 0 Å². The van der Waals surface area contributed by atoms with Crippen LogP contribution >= 0.6 is 0 Å². The van der Waals surface area contributed by atoms with Gasteiger partial charge in [0.15, 0.2) is 9.84 Å². The maximum Gasteiger partial charge on any atom is 0.151 e. The third kappa shape index (κ3) is 2.85. The van der Waals surface area contributed by atoms with Crippen molar-refractivity contribution in [2.45, 2.75) is 38.8 Å². The molecule has 1 saturated heterocycles. The van der Waals surface area contributed by atoms with Gasteiger partial charge in [0.1, 0.15) is 11.3 Å². The minimum absolute atomic E-state index is 0.0191. The van der Waals surface area contributed by atoms with Crippen LogP contribution in [-0.4, -0.2) is 26.0 Å². The largest absolute Gasteiger partial charge is 0.459 e. The normalized spacial score (nSPS) is 22.7. The molecule has 0 spiro atoms. The van der Waals surface area contributed by atoms with Gasteiger partial charge in [0.25, 0.3) is 0 Å². The highest BCUT2D eigenvalue weighted by Crippen LogP contribution is 2.31. The number of nitrogens with one attached hydrogen (secondary N) is 1. The minimum atomic E-state index is -2.86. The fourth-order valence-corrected chi connectivity index (χ4v) is 4.87. The van der Waals surface area contributed by atoms with Crippen LogP contribution in [0.1, 0.15) is 37.6 Å². The van der Waals surface area contributed by atoms with Crippen LogP contribution in [0.3, 0.4) is 0 Å². The van der Waals surface area contributed by atoms with Gasteiger partial charge in [0.05, 0.1) is 17.5 Å². The molecule has 1 N–H and O–H groups in total. The predicted molar refractivity (Wildman–Crippen MR) is 84.2 cm³/mol. The molecule has 1 aromatic heterocycles. The number of hydrogen-bond donors (Lipinski definition) is 1. The average molecular weight is 307 g/mol. The first-order valence-electron chi connectivity index (χ1n) is 7.47. The lowest BCUT2D eigenvalue weighted by molar-refractivity contribution is 0.410. The van der Waals surface area contributed by atoms with E-state index in [2.05, 4.69) is 18.3 Å². The van der Waals surface area contributed by atoms with Gasteiger partial charge in [-0.2, -0.15) is 0 Å². The molecule has 2 unspecified atom stereocenters. The van der Waals surface area contributed by atoms with Gasteiger partial charge in [0, 0.05) is 17.0 Å². The quantitative estimate of drug-likeness (QED) is 0.943. The topological polar surface area (TPSA) is 59.3 Å². The summed E-state index contributed by atoms with van der Waals surface area (Å²) in [6, 6.07) is 8.09. The Balaban J connectivity index is 1.86. The maximum atomic E-state index is 11.6. The lowest BCUT2D eigenvalue weighted by Gasteiger charge is -2.17. The predicted octanol–water partition coefficient (Wildman–Crippen LogP) is 2.83. The molecule has 0 saturated carbocycles. The van der Waals surface area contributed by atoms with Crippen molar-refractivity contribution in [2.75, 3.05) is 11.5 Å². The van der Waals surface area contributed by atoms with Crippen molar-refractivity contribution in [1.82, 2.24) is 5.32 Å². The van der Waals surface area contributed by atoms with E-state index < -0.39 is 9.84 Å². The first-order chi connectivity index (χ1) is 10.00. The monoisotopic (exact) mass is 307 g/mol. The summed E-state index contributed by atoms with van der Waals surface area (Å²) in [6.07, 6.45) is 1.59.